The van der Waals surface area contributed by atoms with Crippen molar-refractivity contribution in [1.82, 2.24) is 10.2 Å². The van der Waals surface area contributed by atoms with E-state index in [9.17, 15) is 4.79 Å². The van der Waals surface area contributed by atoms with Gasteiger partial charge in [-0.25, -0.2) is 4.79 Å². The molecule has 0 unspecified atom stereocenters. The molecule has 2 aromatic rings. The summed E-state index contributed by atoms with van der Waals surface area (Å²) in [7, 11) is 0. The average Bonchev–Trinajstić information content (AvgIpc) is 3.50. The van der Waals surface area contributed by atoms with Crippen LogP contribution in [0.3, 0.4) is 0 Å². The number of fused-ring (bicyclic) bond motifs is 1. The largest absolute Gasteiger partial charge is 0.489 e. The summed E-state index contributed by atoms with van der Waals surface area (Å²) in [5.41, 5.74) is 1.73. The molecule has 0 atom stereocenters. The van der Waals surface area contributed by atoms with Crippen LogP contribution in [0.5, 0.6) is 17.2 Å². The molecule has 3 aliphatic rings. The summed E-state index contributed by atoms with van der Waals surface area (Å²) in [6.07, 6.45) is 4.72. The summed E-state index contributed by atoms with van der Waals surface area (Å²) in [4.78, 5) is 15.0. The molecule has 0 spiro atoms. The number of carbonyl (C=O) groups excluding carboxylic acids is 1. The number of nitrogens with zero attached hydrogens (tertiary/aromatic N) is 1. The Labute approximate surface area is 176 Å². The van der Waals surface area contributed by atoms with Crippen molar-refractivity contribution in [3.05, 3.63) is 48.0 Å². The lowest BCUT2D eigenvalue weighted by Crippen LogP contribution is -2.46. The van der Waals surface area contributed by atoms with Crippen LogP contribution in [0.25, 0.3) is 0 Å². The molecule has 5 rings (SSSR count). The highest BCUT2D eigenvalue weighted by atomic mass is 16.7. The fourth-order valence-electron chi connectivity index (χ4n) is 4.07. The smallest absolute Gasteiger partial charge is 0.319 e. The van der Waals surface area contributed by atoms with Gasteiger partial charge in [0.15, 0.2) is 11.5 Å². The minimum Gasteiger partial charge on any atom is -0.489 e. The van der Waals surface area contributed by atoms with E-state index in [1.54, 1.807) is 0 Å². The molecule has 2 aliphatic heterocycles. The number of rotatable bonds is 6. The molecule has 2 N–H and O–H groups in total. The Hall–Kier alpha value is -2.93. The van der Waals surface area contributed by atoms with Crippen molar-refractivity contribution in [1.29, 1.82) is 0 Å². The molecule has 2 fully saturated rings. The second-order valence-electron chi connectivity index (χ2n) is 8.14. The summed E-state index contributed by atoms with van der Waals surface area (Å²) in [6.45, 7) is 2.81. The van der Waals surface area contributed by atoms with Crippen molar-refractivity contribution in [2.75, 3.05) is 25.2 Å². The molecule has 7 heteroatoms. The van der Waals surface area contributed by atoms with E-state index in [0.717, 1.165) is 49.0 Å². The van der Waals surface area contributed by atoms with Crippen LogP contribution in [0, 0.1) is 0 Å². The van der Waals surface area contributed by atoms with Crippen LogP contribution < -0.4 is 24.8 Å². The second kappa shape index (κ2) is 8.44. The Morgan fingerprint density at radius 1 is 1.03 bits per heavy atom. The standard InChI is InChI=1S/C23H27N3O4/c27-23(24-17-8-10-26(11-9-17)19-4-5-19)25-18-3-1-2-16(12-18)14-28-20-6-7-21-22(13-20)30-15-29-21/h1-3,6-7,12-13,17,19H,4-5,8-11,14-15H2,(H2,24,25,27). The number of urea groups is 1. The van der Waals surface area contributed by atoms with Gasteiger partial charge in [-0.2, -0.15) is 0 Å². The van der Waals surface area contributed by atoms with Crippen LogP contribution in [0.1, 0.15) is 31.2 Å². The first-order chi connectivity index (χ1) is 14.7. The van der Waals surface area contributed by atoms with E-state index in [4.69, 9.17) is 14.2 Å². The van der Waals surface area contributed by atoms with Gasteiger partial charge in [-0.05, 0) is 55.5 Å². The summed E-state index contributed by atoms with van der Waals surface area (Å²) < 4.78 is 16.6. The molecule has 158 valence electrons. The predicted octanol–water partition coefficient (Wildman–Crippen LogP) is 3.74. The van der Waals surface area contributed by atoms with Crippen LogP contribution in [-0.4, -0.2) is 42.9 Å². The molecule has 2 heterocycles. The molecule has 0 bridgehead atoms. The normalized spacial score (nSPS) is 18.8. The number of carbonyl (C=O) groups is 1. The third kappa shape index (κ3) is 4.62. The zero-order chi connectivity index (χ0) is 20.3. The molecule has 2 aromatic carbocycles. The van der Waals surface area contributed by atoms with Crippen molar-refractivity contribution >= 4 is 11.7 Å². The van der Waals surface area contributed by atoms with Gasteiger partial charge >= 0.3 is 6.03 Å². The maximum atomic E-state index is 12.4. The summed E-state index contributed by atoms with van der Waals surface area (Å²) in [6, 6.07) is 14.2. The third-order valence-electron chi connectivity index (χ3n) is 5.86. The minimum atomic E-state index is -0.145. The molecule has 1 aliphatic carbocycles. The van der Waals surface area contributed by atoms with Gasteiger partial charge in [-0.1, -0.05) is 12.1 Å². The van der Waals surface area contributed by atoms with E-state index in [1.165, 1.54) is 12.8 Å². The maximum Gasteiger partial charge on any atom is 0.319 e. The van der Waals surface area contributed by atoms with Crippen molar-refractivity contribution in [3.8, 4) is 17.2 Å². The van der Waals surface area contributed by atoms with E-state index < -0.39 is 0 Å². The number of amides is 2. The zero-order valence-electron chi connectivity index (χ0n) is 16.9. The Kier molecular flexibility index (Phi) is 5.36. The van der Waals surface area contributed by atoms with Gasteiger partial charge < -0.3 is 29.7 Å². The summed E-state index contributed by atoms with van der Waals surface area (Å²) in [5.74, 6) is 2.15. The van der Waals surface area contributed by atoms with Gasteiger partial charge in [-0.3, -0.25) is 0 Å². The van der Waals surface area contributed by atoms with Crippen LogP contribution in [-0.2, 0) is 6.61 Å². The van der Waals surface area contributed by atoms with Gasteiger partial charge in [-0.15, -0.1) is 0 Å². The molecule has 0 aromatic heterocycles. The predicted molar refractivity (Wildman–Crippen MR) is 113 cm³/mol. The summed E-state index contributed by atoms with van der Waals surface area (Å²) >= 11 is 0. The van der Waals surface area contributed by atoms with Crippen LogP contribution in [0.2, 0.25) is 0 Å². The number of ether oxygens (including phenoxy) is 3. The molecule has 7 nitrogen and oxygen atoms in total. The van der Waals surface area contributed by atoms with E-state index in [2.05, 4.69) is 15.5 Å². The Morgan fingerprint density at radius 3 is 2.70 bits per heavy atom. The minimum absolute atomic E-state index is 0.145. The highest BCUT2D eigenvalue weighted by Gasteiger charge is 2.32. The molecule has 30 heavy (non-hydrogen) atoms. The molecule has 2 amide bonds. The van der Waals surface area contributed by atoms with Crippen molar-refractivity contribution < 1.29 is 19.0 Å². The van der Waals surface area contributed by atoms with Gasteiger partial charge in [0.05, 0.1) is 0 Å². The molecular weight excluding hydrogens is 382 g/mol. The molecule has 1 saturated heterocycles. The monoisotopic (exact) mass is 409 g/mol. The highest BCUT2D eigenvalue weighted by molar-refractivity contribution is 5.89. The topological polar surface area (TPSA) is 72.1 Å². The highest BCUT2D eigenvalue weighted by Crippen LogP contribution is 2.35. The maximum absolute atomic E-state index is 12.4. The SMILES string of the molecule is O=C(Nc1cccc(COc2ccc3c(c2)OCO3)c1)NC1CCN(C2CC2)CC1. The molecular formula is C23H27N3O4. The van der Waals surface area contributed by atoms with Gasteiger partial charge in [0.2, 0.25) is 6.79 Å². The van der Waals surface area contributed by atoms with Gasteiger partial charge in [0.1, 0.15) is 12.4 Å². The Balaban J connectivity index is 1.11. The molecule has 1 saturated carbocycles. The number of likely N-dealkylation sites (tertiary alicyclic amines) is 1. The lowest BCUT2D eigenvalue weighted by Gasteiger charge is -2.32. The van der Waals surface area contributed by atoms with Gasteiger partial charge in [0, 0.05) is 36.9 Å². The van der Waals surface area contributed by atoms with Crippen LogP contribution in [0.4, 0.5) is 10.5 Å². The number of anilines is 1. The van der Waals surface area contributed by atoms with E-state index in [1.807, 2.05) is 42.5 Å². The third-order valence-corrected chi connectivity index (χ3v) is 5.86. The first-order valence-electron chi connectivity index (χ1n) is 10.7. The van der Waals surface area contributed by atoms with Crippen LogP contribution in [0.15, 0.2) is 42.5 Å². The first-order valence-corrected chi connectivity index (χ1v) is 10.7. The first kappa shape index (κ1) is 19.1. The fraction of sp³-hybridized carbons (Fsp3) is 0.435. The quantitative estimate of drug-likeness (QED) is 0.760. The summed E-state index contributed by atoms with van der Waals surface area (Å²) in [5, 5.41) is 6.07. The Morgan fingerprint density at radius 2 is 1.87 bits per heavy atom. The number of hydrogen-bond acceptors (Lipinski definition) is 5. The average molecular weight is 409 g/mol. The number of piperidine rings is 1. The number of hydrogen-bond donors (Lipinski definition) is 2. The van der Waals surface area contributed by atoms with E-state index >= 15 is 0 Å². The number of nitrogens with one attached hydrogen (secondary N) is 2. The Bertz CT molecular complexity index is 907. The van der Waals surface area contributed by atoms with Crippen molar-refractivity contribution in [2.45, 2.75) is 44.4 Å². The lowest BCUT2D eigenvalue weighted by atomic mass is 10.1. The fourth-order valence-corrected chi connectivity index (χ4v) is 4.07. The van der Waals surface area contributed by atoms with E-state index in [-0.39, 0.29) is 18.9 Å². The number of benzene rings is 2. The second-order valence-corrected chi connectivity index (χ2v) is 8.14. The van der Waals surface area contributed by atoms with Crippen LogP contribution >= 0.6 is 0 Å². The lowest BCUT2D eigenvalue weighted by molar-refractivity contribution is 0.173. The zero-order valence-corrected chi connectivity index (χ0v) is 16.9. The van der Waals surface area contributed by atoms with Crippen molar-refractivity contribution in [2.24, 2.45) is 0 Å². The van der Waals surface area contributed by atoms with Crippen molar-refractivity contribution in [3.63, 3.8) is 0 Å². The molecule has 0 radical (unpaired) electrons. The van der Waals surface area contributed by atoms with Gasteiger partial charge in [0.25, 0.3) is 0 Å². The van der Waals surface area contributed by atoms with E-state index in [0.29, 0.717) is 18.1 Å².